The molecule has 0 aliphatic carbocycles. The Balaban J connectivity index is 2.93. The van der Waals surface area contributed by atoms with Crippen molar-refractivity contribution >= 4 is 0 Å². The number of aliphatic hydroxyl groups excluding tert-OH is 1. The predicted octanol–water partition coefficient (Wildman–Crippen LogP) is 2.29. The fraction of sp³-hybridized carbons (Fsp3) is 0.455. The molecule has 0 aromatic heterocycles. The van der Waals surface area contributed by atoms with Crippen molar-refractivity contribution in [3.63, 3.8) is 0 Å². The Morgan fingerprint density at radius 1 is 1.40 bits per heavy atom. The van der Waals surface area contributed by atoms with Crippen molar-refractivity contribution < 1.29 is 18.6 Å². The molecular formula is C11H14F2O2. The van der Waals surface area contributed by atoms with Gasteiger partial charge >= 0.3 is 0 Å². The zero-order chi connectivity index (χ0) is 11.4. The minimum atomic E-state index is -0.662. The lowest BCUT2D eigenvalue weighted by Crippen LogP contribution is -2.04. The Morgan fingerprint density at radius 2 is 2.07 bits per heavy atom. The summed E-state index contributed by atoms with van der Waals surface area (Å²) in [5, 5.41) is 9.09. The molecule has 15 heavy (non-hydrogen) atoms. The first kappa shape index (κ1) is 11.9. The molecule has 1 aromatic rings. The van der Waals surface area contributed by atoms with E-state index >= 15 is 0 Å². The summed E-state index contributed by atoms with van der Waals surface area (Å²) in [6.07, 6.45) is 0.227. The molecule has 1 rings (SSSR count). The molecule has 0 aliphatic rings. The van der Waals surface area contributed by atoms with Gasteiger partial charge in [-0.15, -0.1) is 0 Å². The quantitative estimate of drug-likeness (QED) is 0.836. The van der Waals surface area contributed by atoms with Crippen LogP contribution >= 0.6 is 0 Å². The first-order valence-electron chi connectivity index (χ1n) is 4.74. The summed E-state index contributed by atoms with van der Waals surface area (Å²) in [4.78, 5) is 0. The highest BCUT2D eigenvalue weighted by Gasteiger charge is 2.12. The second-order valence-electron chi connectivity index (χ2n) is 3.46. The fourth-order valence-electron chi connectivity index (χ4n) is 1.36. The highest BCUT2D eigenvalue weighted by Crippen LogP contribution is 2.24. The molecule has 0 amide bonds. The number of hydrogen-bond donors (Lipinski definition) is 1. The average molecular weight is 216 g/mol. The Bertz CT molecular complexity index is 338. The van der Waals surface area contributed by atoms with Gasteiger partial charge in [-0.3, -0.25) is 0 Å². The highest BCUT2D eigenvalue weighted by molar-refractivity contribution is 5.35. The third kappa shape index (κ3) is 3.16. The van der Waals surface area contributed by atoms with Crippen LogP contribution in [0, 0.1) is 11.6 Å². The first-order valence-corrected chi connectivity index (χ1v) is 4.74. The zero-order valence-corrected chi connectivity index (χ0v) is 8.76. The molecule has 0 fully saturated rings. The van der Waals surface area contributed by atoms with E-state index in [4.69, 9.17) is 9.84 Å². The lowest BCUT2D eigenvalue weighted by molar-refractivity contribution is 0.184. The molecule has 0 radical (unpaired) electrons. The number of hydrogen-bond acceptors (Lipinski definition) is 2. The maximum absolute atomic E-state index is 13.3. The van der Waals surface area contributed by atoms with Gasteiger partial charge in [0.05, 0.1) is 13.2 Å². The SMILES string of the molecule is COc1cc(F)cc(F)c1CC[C@@H](C)O. The summed E-state index contributed by atoms with van der Waals surface area (Å²) < 4.78 is 31.0. The van der Waals surface area contributed by atoms with Crippen LogP contribution in [0.1, 0.15) is 18.9 Å². The average Bonchev–Trinajstić information content (AvgIpc) is 2.14. The minimum Gasteiger partial charge on any atom is -0.496 e. The van der Waals surface area contributed by atoms with E-state index in [9.17, 15) is 8.78 Å². The van der Waals surface area contributed by atoms with Crippen molar-refractivity contribution in [3.05, 3.63) is 29.3 Å². The van der Waals surface area contributed by atoms with Gasteiger partial charge in [-0.1, -0.05) is 0 Å². The predicted molar refractivity (Wildman–Crippen MR) is 52.9 cm³/mol. The van der Waals surface area contributed by atoms with Gasteiger partial charge in [0.2, 0.25) is 0 Å². The van der Waals surface area contributed by atoms with Gasteiger partial charge < -0.3 is 9.84 Å². The van der Waals surface area contributed by atoms with E-state index in [-0.39, 0.29) is 5.75 Å². The normalized spacial score (nSPS) is 12.6. The second-order valence-corrected chi connectivity index (χ2v) is 3.46. The molecule has 1 N–H and O–H groups in total. The Hall–Kier alpha value is -1.16. The number of rotatable bonds is 4. The third-order valence-electron chi connectivity index (χ3n) is 2.15. The Kier molecular flexibility index (Phi) is 4.03. The van der Waals surface area contributed by atoms with Crippen LogP contribution in [0.15, 0.2) is 12.1 Å². The van der Waals surface area contributed by atoms with E-state index in [0.29, 0.717) is 18.4 Å². The monoisotopic (exact) mass is 216 g/mol. The van der Waals surface area contributed by atoms with E-state index in [1.165, 1.54) is 7.11 Å². The maximum atomic E-state index is 13.3. The van der Waals surface area contributed by atoms with Crippen molar-refractivity contribution in [2.45, 2.75) is 25.9 Å². The summed E-state index contributed by atoms with van der Waals surface area (Å²) in [6, 6.07) is 1.96. The molecule has 0 heterocycles. The minimum absolute atomic E-state index is 0.188. The van der Waals surface area contributed by atoms with Crippen LogP contribution in [0.3, 0.4) is 0 Å². The van der Waals surface area contributed by atoms with Crippen LogP contribution in [0.2, 0.25) is 0 Å². The summed E-state index contributed by atoms with van der Waals surface area (Å²) in [7, 11) is 1.36. The number of ether oxygens (including phenoxy) is 1. The lowest BCUT2D eigenvalue weighted by atomic mass is 10.1. The van der Waals surface area contributed by atoms with Gasteiger partial charge in [-0.05, 0) is 19.8 Å². The van der Waals surface area contributed by atoms with Crippen molar-refractivity contribution in [1.82, 2.24) is 0 Å². The van der Waals surface area contributed by atoms with Crippen LogP contribution in [0.5, 0.6) is 5.75 Å². The van der Waals surface area contributed by atoms with E-state index in [1.807, 2.05) is 0 Å². The summed E-state index contributed by atoms with van der Waals surface area (Å²) in [6.45, 7) is 1.62. The molecule has 84 valence electrons. The number of aliphatic hydroxyl groups is 1. The molecule has 0 unspecified atom stereocenters. The van der Waals surface area contributed by atoms with E-state index in [0.717, 1.165) is 12.1 Å². The third-order valence-corrected chi connectivity index (χ3v) is 2.15. The number of benzene rings is 1. The molecule has 1 aromatic carbocycles. The topological polar surface area (TPSA) is 29.5 Å². The van der Waals surface area contributed by atoms with E-state index in [2.05, 4.69) is 0 Å². The molecular weight excluding hydrogens is 202 g/mol. The first-order chi connectivity index (χ1) is 7.04. The summed E-state index contributed by atoms with van der Waals surface area (Å²) in [5.74, 6) is -1.11. The summed E-state index contributed by atoms with van der Waals surface area (Å²) >= 11 is 0. The van der Waals surface area contributed by atoms with Crippen molar-refractivity contribution in [3.8, 4) is 5.75 Å². The Labute approximate surface area is 87.5 Å². The molecule has 4 heteroatoms. The molecule has 0 saturated heterocycles. The largest absolute Gasteiger partial charge is 0.496 e. The van der Waals surface area contributed by atoms with Gasteiger partial charge in [-0.2, -0.15) is 0 Å². The highest BCUT2D eigenvalue weighted by atomic mass is 19.1. The van der Waals surface area contributed by atoms with E-state index in [1.54, 1.807) is 6.92 Å². The fourth-order valence-corrected chi connectivity index (χ4v) is 1.36. The number of halogens is 2. The van der Waals surface area contributed by atoms with Crippen LogP contribution in [0.25, 0.3) is 0 Å². The number of methoxy groups -OCH3 is 1. The van der Waals surface area contributed by atoms with Crippen LogP contribution in [-0.2, 0) is 6.42 Å². The standard InChI is InChI=1S/C11H14F2O2/c1-7(14)3-4-9-10(13)5-8(12)6-11(9)15-2/h5-7,14H,3-4H2,1-2H3/t7-/m1/s1. The second kappa shape index (κ2) is 5.07. The Morgan fingerprint density at radius 3 is 2.60 bits per heavy atom. The van der Waals surface area contributed by atoms with Gasteiger partial charge in [-0.25, -0.2) is 8.78 Å². The van der Waals surface area contributed by atoms with Gasteiger partial charge in [0.15, 0.2) is 0 Å². The van der Waals surface area contributed by atoms with Crippen molar-refractivity contribution in [1.29, 1.82) is 0 Å². The van der Waals surface area contributed by atoms with Gasteiger partial charge in [0.25, 0.3) is 0 Å². The molecule has 0 spiro atoms. The van der Waals surface area contributed by atoms with Crippen molar-refractivity contribution in [2.75, 3.05) is 7.11 Å². The molecule has 0 saturated carbocycles. The van der Waals surface area contributed by atoms with Crippen LogP contribution < -0.4 is 4.74 Å². The molecule has 0 bridgehead atoms. The van der Waals surface area contributed by atoms with Crippen LogP contribution in [-0.4, -0.2) is 18.3 Å². The maximum Gasteiger partial charge on any atom is 0.133 e. The van der Waals surface area contributed by atoms with Gasteiger partial charge in [0, 0.05) is 17.7 Å². The lowest BCUT2D eigenvalue weighted by Gasteiger charge is -2.10. The zero-order valence-electron chi connectivity index (χ0n) is 8.76. The molecule has 2 nitrogen and oxygen atoms in total. The molecule has 1 atom stereocenters. The molecule has 0 aliphatic heterocycles. The summed E-state index contributed by atoms with van der Waals surface area (Å²) in [5.41, 5.74) is 0.305. The smallest absolute Gasteiger partial charge is 0.133 e. The van der Waals surface area contributed by atoms with Crippen LogP contribution in [0.4, 0.5) is 8.78 Å². The van der Waals surface area contributed by atoms with Gasteiger partial charge in [0.1, 0.15) is 17.4 Å². The van der Waals surface area contributed by atoms with E-state index < -0.39 is 17.7 Å². The van der Waals surface area contributed by atoms with Crippen molar-refractivity contribution in [2.24, 2.45) is 0 Å².